The van der Waals surface area contributed by atoms with Crippen molar-refractivity contribution in [3.8, 4) is 0 Å². The van der Waals surface area contributed by atoms with Gasteiger partial charge in [-0.05, 0) is 49.7 Å². The van der Waals surface area contributed by atoms with Crippen LogP contribution in [-0.4, -0.2) is 50.6 Å². The molecule has 0 spiro atoms. The van der Waals surface area contributed by atoms with E-state index in [2.05, 4.69) is 45.0 Å². The number of guanidine groups is 1. The number of hydrogen-bond donors (Lipinski definition) is 2. The quantitative estimate of drug-likeness (QED) is 0.409. The fourth-order valence-corrected chi connectivity index (χ4v) is 3.31. The lowest BCUT2D eigenvalue weighted by molar-refractivity contribution is 0.195. The van der Waals surface area contributed by atoms with E-state index in [4.69, 9.17) is 0 Å². The van der Waals surface area contributed by atoms with E-state index in [-0.39, 0.29) is 24.0 Å². The van der Waals surface area contributed by atoms with Crippen molar-refractivity contribution in [2.45, 2.75) is 26.2 Å². The van der Waals surface area contributed by atoms with Crippen LogP contribution in [0.1, 0.15) is 24.6 Å². The zero-order valence-corrected chi connectivity index (χ0v) is 16.8. The van der Waals surface area contributed by atoms with Crippen LogP contribution in [0, 0.1) is 5.92 Å². The van der Waals surface area contributed by atoms with Crippen molar-refractivity contribution >= 4 is 41.3 Å². The molecule has 4 nitrogen and oxygen atoms in total. The summed E-state index contributed by atoms with van der Waals surface area (Å²) in [6, 6.07) is 4.28. The number of piperidine rings is 1. The molecular formula is C16H29IN4S. The van der Waals surface area contributed by atoms with Gasteiger partial charge in [-0.25, -0.2) is 0 Å². The lowest BCUT2D eigenvalue weighted by atomic mass is 9.99. The average molecular weight is 436 g/mol. The smallest absolute Gasteiger partial charge is 0.191 e. The van der Waals surface area contributed by atoms with E-state index < -0.39 is 0 Å². The highest BCUT2D eigenvalue weighted by Crippen LogP contribution is 2.15. The number of rotatable bonds is 6. The molecule has 0 bridgehead atoms. The molecule has 1 fully saturated rings. The second-order valence-electron chi connectivity index (χ2n) is 5.78. The first kappa shape index (κ1) is 19.7. The number of thiophene rings is 1. The van der Waals surface area contributed by atoms with Gasteiger partial charge in [-0.1, -0.05) is 13.0 Å². The van der Waals surface area contributed by atoms with Crippen molar-refractivity contribution < 1.29 is 0 Å². The molecule has 126 valence electrons. The maximum Gasteiger partial charge on any atom is 0.191 e. The number of nitrogens with zero attached hydrogens (tertiary/aromatic N) is 2. The van der Waals surface area contributed by atoms with E-state index in [1.165, 1.54) is 30.8 Å². The van der Waals surface area contributed by atoms with Crippen LogP contribution in [0.2, 0.25) is 0 Å². The Morgan fingerprint density at radius 3 is 2.68 bits per heavy atom. The first-order valence-corrected chi connectivity index (χ1v) is 8.85. The number of aliphatic imine (C=N–C) groups is 1. The third-order valence-corrected chi connectivity index (χ3v) is 5.00. The molecule has 22 heavy (non-hydrogen) atoms. The highest BCUT2D eigenvalue weighted by atomic mass is 127. The van der Waals surface area contributed by atoms with E-state index in [1.54, 1.807) is 0 Å². The van der Waals surface area contributed by atoms with Gasteiger partial charge < -0.3 is 15.5 Å². The number of nitrogens with one attached hydrogen (secondary N) is 2. The van der Waals surface area contributed by atoms with Crippen molar-refractivity contribution in [2.24, 2.45) is 10.9 Å². The van der Waals surface area contributed by atoms with E-state index in [1.807, 2.05) is 18.4 Å². The Morgan fingerprint density at radius 2 is 2.05 bits per heavy atom. The van der Waals surface area contributed by atoms with Gasteiger partial charge in [0, 0.05) is 31.6 Å². The molecule has 0 aromatic carbocycles. The molecule has 1 aliphatic rings. The van der Waals surface area contributed by atoms with Crippen LogP contribution in [0.25, 0.3) is 0 Å². The Labute approximate surface area is 155 Å². The molecule has 0 radical (unpaired) electrons. The third-order valence-electron chi connectivity index (χ3n) is 4.06. The Bertz CT molecular complexity index is 414. The van der Waals surface area contributed by atoms with E-state index >= 15 is 0 Å². The van der Waals surface area contributed by atoms with Crippen LogP contribution < -0.4 is 10.6 Å². The predicted molar refractivity (Wildman–Crippen MR) is 108 cm³/mol. The minimum Gasteiger partial charge on any atom is -0.356 e. The fourth-order valence-electron chi connectivity index (χ4n) is 2.60. The van der Waals surface area contributed by atoms with Crippen LogP contribution in [0.5, 0.6) is 0 Å². The molecule has 1 aromatic heterocycles. The number of likely N-dealkylation sites (tertiary alicyclic amines) is 1. The van der Waals surface area contributed by atoms with Crippen LogP contribution in [0.4, 0.5) is 0 Å². The first-order valence-electron chi connectivity index (χ1n) is 7.97. The van der Waals surface area contributed by atoms with Gasteiger partial charge in [-0.2, -0.15) is 0 Å². The van der Waals surface area contributed by atoms with Gasteiger partial charge >= 0.3 is 0 Å². The average Bonchev–Trinajstić information content (AvgIpc) is 3.01. The third kappa shape index (κ3) is 7.28. The highest BCUT2D eigenvalue weighted by Gasteiger charge is 2.14. The van der Waals surface area contributed by atoms with Gasteiger partial charge in [0.15, 0.2) is 5.96 Å². The van der Waals surface area contributed by atoms with Crippen LogP contribution in [0.3, 0.4) is 0 Å². The summed E-state index contributed by atoms with van der Waals surface area (Å²) in [6.45, 7) is 7.85. The van der Waals surface area contributed by atoms with Gasteiger partial charge in [0.1, 0.15) is 0 Å². The van der Waals surface area contributed by atoms with Crippen LogP contribution >= 0.6 is 35.3 Å². The van der Waals surface area contributed by atoms with E-state index in [9.17, 15) is 0 Å². The second kappa shape index (κ2) is 11.2. The lowest BCUT2D eigenvalue weighted by Crippen LogP contribution is -2.43. The first-order chi connectivity index (χ1) is 10.3. The molecule has 0 unspecified atom stereocenters. The molecular weight excluding hydrogens is 407 g/mol. The van der Waals surface area contributed by atoms with Crippen molar-refractivity contribution in [1.29, 1.82) is 0 Å². The van der Waals surface area contributed by atoms with Gasteiger partial charge in [-0.15, -0.1) is 35.3 Å². The van der Waals surface area contributed by atoms with Crippen molar-refractivity contribution in [3.05, 3.63) is 22.4 Å². The van der Waals surface area contributed by atoms with Gasteiger partial charge in [0.05, 0.1) is 0 Å². The molecule has 0 amide bonds. The summed E-state index contributed by atoms with van der Waals surface area (Å²) < 4.78 is 0. The van der Waals surface area contributed by atoms with Crippen molar-refractivity contribution in [1.82, 2.24) is 15.5 Å². The Morgan fingerprint density at radius 1 is 1.32 bits per heavy atom. The molecule has 6 heteroatoms. The summed E-state index contributed by atoms with van der Waals surface area (Å²) in [5.41, 5.74) is 0. The molecule has 0 aliphatic carbocycles. The topological polar surface area (TPSA) is 39.7 Å². The lowest BCUT2D eigenvalue weighted by Gasteiger charge is -2.30. The maximum absolute atomic E-state index is 4.28. The van der Waals surface area contributed by atoms with Crippen LogP contribution in [0.15, 0.2) is 22.5 Å². The summed E-state index contributed by atoms with van der Waals surface area (Å²) in [5, 5.41) is 8.92. The number of halogens is 1. The maximum atomic E-state index is 4.28. The van der Waals surface area contributed by atoms with Crippen molar-refractivity contribution in [2.75, 3.05) is 39.8 Å². The Kier molecular flexibility index (Phi) is 10.1. The summed E-state index contributed by atoms with van der Waals surface area (Å²) in [5.74, 6) is 1.82. The van der Waals surface area contributed by atoms with Crippen molar-refractivity contribution in [3.63, 3.8) is 0 Å². The van der Waals surface area contributed by atoms with Gasteiger partial charge in [0.25, 0.3) is 0 Å². The Balaban J connectivity index is 0.00000242. The standard InChI is InChI=1S/C16H28N4S.HI/c1-14-6-10-20(11-7-14)12-9-19-16(17-2)18-8-5-15-4-3-13-21-15;/h3-4,13-14H,5-12H2,1-2H3,(H2,17,18,19);1H. The molecule has 1 saturated heterocycles. The molecule has 0 saturated carbocycles. The molecule has 1 aliphatic heterocycles. The number of hydrogen-bond acceptors (Lipinski definition) is 3. The largest absolute Gasteiger partial charge is 0.356 e. The molecule has 1 aromatic rings. The SMILES string of the molecule is CN=C(NCCc1cccs1)NCCN1CCC(C)CC1.I. The van der Waals surface area contributed by atoms with E-state index in [0.29, 0.717) is 0 Å². The summed E-state index contributed by atoms with van der Waals surface area (Å²) in [6.07, 6.45) is 3.74. The summed E-state index contributed by atoms with van der Waals surface area (Å²) >= 11 is 1.81. The molecule has 2 rings (SSSR count). The zero-order valence-electron chi connectivity index (χ0n) is 13.7. The second-order valence-corrected chi connectivity index (χ2v) is 6.81. The van der Waals surface area contributed by atoms with E-state index in [0.717, 1.165) is 37.9 Å². The molecule has 2 heterocycles. The summed E-state index contributed by atoms with van der Waals surface area (Å²) in [4.78, 5) is 8.25. The van der Waals surface area contributed by atoms with Gasteiger partial charge in [0.2, 0.25) is 0 Å². The zero-order chi connectivity index (χ0) is 14.9. The highest BCUT2D eigenvalue weighted by molar-refractivity contribution is 14.0. The monoisotopic (exact) mass is 436 g/mol. The Hall–Kier alpha value is -0.340. The molecule has 0 atom stereocenters. The van der Waals surface area contributed by atoms with Gasteiger partial charge in [-0.3, -0.25) is 4.99 Å². The minimum absolute atomic E-state index is 0. The minimum atomic E-state index is 0. The van der Waals surface area contributed by atoms with Crippen LogP contribution in [-0.2, 0) is 6.42 Å². The fraction of sp³-hybridized carbons (Fsp3) is 0.688. The normalized spacial score (nSPS) is 17.1. The summed E-state index contributed by atoms with van der Waals surface area (Å²) in [7, 11) is 1.84. The molecule has 2 N–H and O–H groups in total. The predicted octanol–water partition coefficient (Wildman–Crippen LogP) is 2.81.